The Hall–Kier alpha value is -2.70. The van der Waals surface area contributed by atoms with Crippen LogP contribution in [0.5, 0.6) is 0 Å². The molecule has 1 amide bonds. The standard InChI is InChI=1S/C23H16BrNO3S/c1-2-29-22-18(23(28)25-14-9-7-13(24)8-10-14)12-11-17-19(22)21(27)16-6-4-3-5-15(16)20(17)26/h3-12H,2H2,1H3,(H,25,28). The highest BCUT2D eigenvalue weighted by Crippen LogP contribution is 2.36. The van der Waals surface area contributed by atoms with E-state index < -0.39 is 0 Å². The minimum atomic E-state index is -0.315. The first-order chi connectivity index (χ1) is 14.0. The lowest BCUT2D eigenvalue weighted by molar-refractivity contribution is 0.0975. The maximum Gasteiger partial charge on any atom is 0.256 e. The molecule has 1 N–H and O–H groups in total. The van der Waals surface area contributed by atoms with E-state index in [2.05, 4.69) is 21.2 Å². The second kappa shape index (κ2) is 7.97. The third kappa shape index (κ3) is 3.54. The lowest BCUT2D eigenvalue weighted by Crippen LogP contribution is -2.24. The van der Waals surface area contributed by atoms with Crippen LogP contribution < -0.4 is 5.32 Å². The fourth-order valence-electron chi connectivity index (χ4n) is 3.36. The van der Waals surface area contributed by atoms with Gasteiger partial charge in [0.1, 0.15) is 0 Å². The Bertz CT molecular complexity index is 1160. The van der Waals surface area contributed by atoms with Crippen LogP contribution in [0, 0.1) is 0 Å². The monoisotopic (exact) mass is 465 g/mol. The van der Waals surface area contributed by atoms with Gasteiger partial charge in [0, 0.05) is 37.3 Å². The SMILES string of the molecule is CCSc1c(C(=O)Nc2ccc(Br)cc2)ccc2c1C(=O)c1ccccc1C2=O. The molecule has 1 aliphatic rings. The highest BCUT2D eigenvalue weighted by Gasteiger charge is 2.33. The van der Waals surface area contributed by atoms with Crippen molar-refractivity contribution in [3.8, 4) is 0 Å². The molecule has 3 aromatic rings. The molecule has 0 spiro atoms. The van der Waals surface area contributed by atoms with Crippen molar-refractivity contribution in [1.29, 1.82) is 0 Å². The van der Waals surface area contributed by atoms with E-state index in [4.69, 9.17) is 0 Å². The van der Waals surface area contributed by atoms with E-state index >= 15 is 0 Å². The van der Waals surface area contributed by atoms with Crippen LogP contribution in [0.4, 0.5) is 5.69 Å². The lowest BCUT2D eigenvalue weighted by atomic mass is 9.83. The number of nitrogens with one attached hydrogen (secondary N) is 1. The highest BCUT2D eigenvalue weighted by atomic mass is 79.9. The zero-order valence-electron chi connectivity index (χ0n) is 15.5. The van der Waals surface area contributed by atoms with E-state index in [1.165, 1.54) is 11.8 Å². The predicted octanol–water partition coefficient (Wildman–Crippen LogP) is 5.59. The molecule has 3 aromatic carbocycles. The molecule has 0 unspecified atom stereocenters. The van der Waals surface area contributed by atoms with Gasteiger partial charge in [-0.2, -0.15) is 0 Å². The number of hydrogen-bond acceptors (Lipinski definition) is 4. The smallest absolute Gasteiger partial charge is 0.256 e. The summed E-state index contributed by atoms with van der Waals surface area (Å²) < 4.78 is 0.911. The fraction of sp³-hybridized carbons (Fsp3) is 0.0870. The van der Waals surface area contributed by atoms with Crippen molar-refractivity contribution in [2.45, 2.75) is 11.8 Å². The van der Waals surface area contributed by atoms with Crippen LogP contribution in [0.15, 0.2) is 70.0 Å². The van der Waals surface area contributed by atoms with Gasteiger partial charge >= 0.3 is 0 Å². The van der Waals surface area contributed by atoms with Crippen molar-refractivity contribution in [2.75, 3.05) is 11.1 Å². The number of carbonyl (C=O) groups is 3. The number of amides is 1. The van der Waals surface area contributed by atoms with Gasteiger partial charge in [0.25, 0.3) is 5.91 Å². The Balaban J connectivity index is 1.81. The first-order valence-corrected chi connectivity index (χ1v) is 10.8. The minimum Gasteiger partial charge on any atom is -0.322 e. The van der Waals surface area contributed by atoms with Gasteiger partial charge in [0.2, 0.25) is 0 Å². The van der Waals surface area contributed by atoms with E-state index in [0.717, 1.165) is 4.47 Å². The summed E-state index contributed by atoms with van der Waals surface area (Å²) in [5.74, 6) is -0.0550. The summed E-state index contributed by atoms with van der Waals surface area (Å²) in [5.41, 5.74) is 2.50. The number of rotatable bonds is 4. The number of ketones is 2. The molecule has 144 valence electrons. The second-order valence-electron chi connectivity index (χ2n) is 6.46. The molecule has 0 fully saturated rings. The van der Waals surface area contributed by atoms with Gasteiger partial charge in [0.05, 0.1) is 5.56 Å². The largest absolute Gasteiger partial charge is 0.322 e. The molecule has 4 rings (SSSR count). The maximum absolute atomic E-state index is 13.2. The number of thioether (sulfide) groups is 1. The molecule has 0 aromatic heterocycles. The number of anilines is 1. The quantitative estimate of drug-likeness (QED) is 0.399. The lowest BCUT2D eigenvalue weighted by Gasteiger charge is -2.21. The number of hydrogen-bond donors (Lipinski definition) is 1. The van der Waals surface area contributed by atoms with Crippen LogP contribution in [0.1, 0.15) is 49.1 Å². The van der Waals surface area contributed by atoms with Gasteiger partial charge in [-0.15, -0.1) is 11.8 Å². The summed E-state index contributed by atoms with van der Waals surface area (Å²) in [6.45, 7) is 1.95. The van der Waals surface area contributed by atoms with Crippen molar-refractivity contribution < 1.29 is 14.4 Å². The molecule has 6 heteroatoms. The van der Waals surface area contributed by atoms with Gasteiger partial charge in [-0.1, -0.05) is 47.1 Å². The predicted molar refractivity (Wildman–Crippen MR) is 118 cm³/mol. The van der Waals surface area contributed by atoms with Crippen molar-refractivity contribution in [1.82, 2.24) is 0 Å². The van der Waals surface area contributed by atoms with Crippen LogP contribution in [0.2, 0.25) is 0 Å². The Morgan fingerprint density at radius 3 is 2.21 bits per heavy atom. The van der Waals surface area contributed by atoms with Crippen molar-refractivity contribution in [3.05, 3.63) is 93.0 Å². The van der Waals surface area contributed by atoms with Gasteiger partial charge in [-0.25, -0.2) is 0 Å². The first kappa shape index (κ1) is 19.6. The average Bonchev–Trinajstić information content (AvgIpc) is 2.73. The Morgan fingerprint density at radius 1 is 0.897 bits per heavy atom. The molecule has 0 saturated carbocycles. The maximum atomic E-state index is 13.2. The molecule has 29 heavy (non-hydrogen) atoms. The van der Waals surface area contributed by atoms with E-state index in [9.17, 15) is 14.4 Å². The Kier molecular flexibility index (Phi) is 5.39. The summed E-state index contributed by atoms with van der Waals surface area (Å²) in [5, 5.41) is 2.87. The van der Waals surface area contributed by atoms with E-state index in [1.54, 1.807) is 48.5 Å². The van der Waals surface area contributed by atoms with Gasteiger partial charge in [0.15, 0.2) is 11.6 Å². The molecule has 0 heterocycles. The average molecular weight is 466 g/mol. The molecule has 0 radical (unpaired) electrons. The van der Waals surface area contributed by atoms with Crippen LogP contribution >= 0.6 is 27.7 Å². The number of carbonyl (C=O) groups excluding carboxylic acids is 3. The van der Waals surface area contributed by atoms with Crippen LogP contribution in [0.25, 0.3) is 0 Å². The fourth-order valence-corrected chi connectivity index (χ4v) is 4.58. The van der Waals surface area contributed by atoms with Gasteiger partial charge < -0.3 is 5.32 Å². The number of halogens is 1. The summed E-state index contributed by atoms with van der Waals surface area (Å²) in [4.78, 5) is 39.7. The molecule has 0 saturated heterocycles. The number of fused-ring (bicyclic) bond motifs is 2. The third-order valence-electron chi connectivity index (χ3n) is 4.68. The van der Waals surface area contributed by atoms with Crippen LogP contribution in [-0.2, 0) is 0 Å². The van der Waals surface area contributed by atoms with Gasteiger partial charge in [-0.3, -0.25) is 14.4 Å². The first-order valence-electron chi connectivity index (χ1n) is 9.06. The minimum absolute atomic E-state index is 0.187. The van der Waals surface area contributed by atoms with E-state index in [-0.39, 0.29) is 17.5 Å². The molecule has 4 nitrogen and oxygen atoms in total. The summed E-state index contributed by atoms with van der Waals surface area (Å²) in [7, 11) is 0. The Morgan fingerprint density at radius 2 is 1.55 bits per heavy atom. The Labute approximate surface area is 180 Å². The molecule has 0 bridgehead atoms. The summed E-state index contributed by atoms with van der Waals surface area (Å²) in [6, 6.07) is 17.3. The van der Waals surface area contributed by atoms with E-state index in [1.807, 2.05) is 19.1 Å². The number of benzene rings is 3. The molecular weight excluding hydrogens is 450 g/mol. The molecule has 0 atom stereocenters. The van der Waals surface area contributed by atoms with E-state index in [0.29, 0.717) is 44.2 Å². The normalized spacial score (nSPS) is 12.3. The highest BCUT2D eigenvalue weighted by molar-refractivity contribution is 9.10. The second-order valence-corrected chi connectivity index (χ2v) is 8.65. The topological polar surface area (TPSA) is 63.2 Å². The van der Waals surface area contributed by atoms with Crippen LogP contribution in [-0.4, -0.2) is 23.2 Å². The molecule has 1 aliphatic carbocycles. The molecule has 0 aliphatic heterocycles. The van der Waals surface area contributed by atoms with Crippen LogP contribution in [0.3, 0.4) is 0 Å². The van der Waals surface area contributed by atoms with Gasteiger partial charge in [-0.05, 0) is 42.2 Å². The van der Waals surface area contributed by atoms with Crippen molar-refractivity contribution in [2.24, 2.45) is 0 Å². The van der Waals surface area contributed by atoms with Crippen molar-refractivity contribution >= 4 is 50.9 Å². The third-order valence-corrected chi connectivity index (χ3v) is 6.21. The summed E-state index contributed by atoms with van der Waals surface area (Å²) >= 11 is 4.77. The molecular formula is C23H16BrNO3S. The zero-order valence-corrected chi connectivity index (χ0v) is 17.9. The zero-order chi connectivity index (χ0) is 20.5. The van der Waals surface area contributed by atoms with Crippen molar-refractivity contribution in [3.63, 3.8) is 0 Å². The summed E-state index contributed by atoms with van der Waals surface area (Å²) in [6.07, 6.45) is 0.